The van der Waals surface area contributed by atoms with E-state index in [1.807, 2.05) is 35.2 Å². The predicted molar refractivity (Wildman–Crippen MR) is 62.8 cm³/mol. The lowest BCUT2D eigenvalue weighted by atomic mass is 10.2. The monoisotopic (exact) mass is 232 g/mol. The number of thiazole rings is 1. The molecule has 0 aliphatic heterocycles. The average Bonchev–Trinajstić information content (AvgIpc) is 2.79. The van der Waals surface area contributed by atoms with E-state index in [1.165, 1.54) is 0 Å². The van der Waals surface area contributed by atoms with Crippen molar-refractivity contribution < 1.29 is 0 Å². The zero-order valence-corrected chi connectivity index (χ0v) is 9.52. The fourth-order valence-electron chi connectivity index (χ4n) is 1.12. The summed E-state index contributed by atoms with van der Waals surface area (Å²) in [6.07, 6.45) is 0. The standard InChI is InChI=1S/C11H8N2S2/c12-5-9-2-1-3-11(4-9)15-7-10-6-14-8-13-10/h1-4,6,8H,7H2. The molecule has 0 bridgehead atoms. The third-order valence-corrected chi connectivity index (χ3v) is 3.50. The van der Waals surface area contributed by atoms with Crippen molar-refractivity contribution in [2.45, 2.75) is 10.6 Å². The highest BCUT2D eigenvalue weighted by molar-refractivity contribution is 7.98. The lowest BCUT2D eigenvalue weighted by molar-refractivity contribution is 1.23. The van der Waals surface area contributed by atoms with Crippen LogP contribution in [0.25, 0.3) is 0 Å². The topological polar surface area (TPSA) is 36.7 Å². The molecule has 0 N–H and O–H groups in total. The molecule has 1 aromatic heterocycles. The van der Waals surface area contributed by atoms with Gasteiger partial charge in [0.1, 0.15) is 0 Å². The van der Waals surface area contributed by atoms with E-state index in [4.69, 9.17) is 5.26 Å². The van der Waals surface area contributed by atoms with Crippen molar-refractivity contribution >= 4 is 23.1 Å². The predicted octanol–water partition coefficient (Wildman–Crippen LogP) is 3.31. The molecule has 0 radical (unpaired) electrons. The van der Waals surface area contributed by atoms with Gasteiger partial charge >= 0.3 is 0 Å². The Labute approximate surface area is 96.6 Å². The SMILES string of the molecule is N#Cc1cccc(SCc2cscn2)c1. The van der Waals surface area contributed by atoms with Gasteiger partial charge in [-0.3, -0.25) is 0 Å². The molecule has 0 fully saturated rings. The number of hydrogen-bond acceptors (Lipinski definition) is 4. The van der Waals surface area contributed by atoms with Crippen molar-refractivity contribution in [2.75, 3.05) is 0 Å². The second kappa shape index (κ2) is 4.96. The Bertz CT molecular complexity index is 472. The normalized spacial score (nSPS) is 9.80. The smallest absolute Gasteiger partial charge is 0.0992 e. The van der Waals surface area contributed by atoms with E-state index >= 15 is 0 Å². The van der Waals surface area contributed by atoms with E-state index in [1.54, 1.807) is 23.1 Å². The van der Waals surface area contributed by atoms with Crippen LogP contribution in [0.3, 0.4) is 0 Å². The minimum Gasteiger partial charge on any atom is -0.249 e. The van der Waals surface area contributed by atoms with Crippen LogP contribution in [0.2, 0.25) is 0 Å². The van der Waals surface area contributed by atoms with Gasteiger partial charge in [0.15, 0.2) is 0 Å². The molecule has 0 amide bonds. The van der Waals surface area contributed by atoms with Crippen molar-refractivity contribution in [1.82, 2.24) is 4.98 Å². The molecular weight excluding hydrogens is 224 g/mol. The molecule has 1 heterocycles. The van der Waals surface area contributed by atoms with Gasteiger partial charge in [-0.2, -0.15) is 5.26 Å². The van der Waals surface area contributed by atoms with Gasteiger partial charge in [-0.15, -0.1) is 23.1 Å². The van der Waals surface area contributed by atoms with Gasteiger partial charge in [0.25, 0.3) is 0 Å². The van der Waals surface area contributed by atoms with Gasteiger partial charge in [-0.25, -0.2) is 4.98 Å². The fourth-order valence-corrected chi connectivity index (χ4v) is 2.64. The van der Waals surface area contributed by atoms with E-state index in [0.29, 0.717) is 5.56 Å². The largest absolute Gasteiger partial charge is 0.249 e. The molecule has 2 rings (SSSR count). The molecule has 0 saturated heterocycles. The van der Waals surface area contributed by atoms with Gasteiger partial charge in [0.2, 0.25) is 0 Å². The first-order valence-electron chi connectivity index (χ1n) is 4.38. The van der Waals surface area contributed by atoms with Gasteiger partial charge in [-0.1, -0.05) is 6.07 Å². The Morgan fingerprint density at radius 1 is 1.47 bits per heavy atom. The number of hydrogen-bond donors (Lipinski definition) is 0. The molecule has 2 aromatic rings. The molecule has 0 atom stereocenters. The minimum absolute atomic E-state index is 0.707. The van der Waals surface area contributed by atoms with Crippen LogP contribution in [0, 0.1) is 11.3 Å². The van der Waals surface area contributed by atoms with Crippen molar-refractivity contribution in [3.05, 3.63) is 46.4 Å². The van der Waals surface area contributed by atoms with Gasteiger partial charge in [0, 0.05) is 16.0 Å². The van der Waals surface area contributed by atoms with Crippen LogP contribution in [-0.4, -0.2) is 4.98 Å². The first-order chi connectivity index (χ1) is 7.38. The second-order valence-corrected chi connectivity index (χ2v) is 4.68. The molecule has 2 nitrogen and oxygen atoms in total. The van der Waals surface area contributed by atoms with Gasteiger partial charge in [-0.05, 0) is 18.2 Å². The number of nitrogens with zero attached hydrogens (tertiary/aromatic N) is 2. The van der Waals surface area contributed by atoms with Crippen LogP contribution in [0.5, 0.6) is 0 Å². The fraction of sp³-hybridized carbons (Fsp3) is 0.0909. The van der Waals surface area contributed by atoms with E-state index in [2.05, 4.69) is 11.1 Å². The summed E-state index contributed by atoms with van der Waals surface area (Å²) in [7, 11) is 0. The Kier molecular flexibility index (Phi) is 3.38. The zero-order chi connectivity index (χ0) is 10.5. The van der Waals surface area contributed by atoms with E-state index in [0.717, 1.165) is 16.3 Å². The highest BCUT2D eigenvalue weighted by Gasteiger charge is 1.98. The molecule has 4 heteroatoms. The van der Waals surface area contributed by atoms with Gasteiger partial charge < -0.3 is 0 Å². The quantitative estimate of drug-likeness (QED) is 0.762. The number of aromatic nitrogens is 1. The number of benzene rings is 1. The summed E-state index contributed by atoms with van der Waals surface area (Å²) in [4.78, 5) is 5.32. The maximum Gasteiger partial charge on any atom is 0.0992 e. The first-order valence-corrected chi connectivity index (χ1v) is 6.31. The molecule has 0 aliphatic carbocycles. The highest BCUT2D eigenvalue weighted by atomic mass is 32.2. The number of thioether (sulfide) groups is 1. The molecule has 0 spiro atoms. The number of nitriles is 1. The molecule has 74 valence electrons. The van der Waals surface area contributed by atoms with Crippen molar-refractivity contribution in [3.8, 4) is 6.07 Å². The Morgan fingerprint density at radius 3 is 3.13 bits per heavy atom. The maximum absolute atomic E-state index is 8.74. The van der Waals surface area contributed by atoms with Crippen molar-refractivity contribution in [2.24, 2.45) is 0 Å². The summed E-state index contributed by atoms with van der Waals surface area (Å²) in [6, 6.07) is 9.76. The summed E-state index contributed by atoms with van der Waals surface area (Å²) in [5, 5.41) is 10.8. The summed E-state index contributed by atoms with van der Waals surface area (Å²) >= 11 is 3.31. The van der Waals surface area contributed by atoms with Crippen LogP contribution in [-0.2, 0) is 5.75 Å². The van der Waals surface area contributed by atoms with Crippen LogP contribution < -0.4 is 0 Å². The van der Waals surface area contributed by atoms with Gasteiger partial charge in [0.05, 0.1) is 22.8 Å². The third-order valence-electron chi connectivity index (χ3n) is 1.83. The van der Waals surface area contributed by atoms with Crippen molar-refractivity contribution in [1.29, 1.82) is 5.26 Å². The molecule has 0 saturated carbocycles. The van der Waals surface area contributed by atoms with E-state index in [9.17, 15) is 0 Å². The number of rotatable bonds is 3. The third kappa shape index (κ3) is 2.82. The maximum atomic E-state index is 8.74. The van der Waals surface area contributed by atoms with E-state index < -0.39 is 0 Å². The second-order valence-electron chi connectivity index (χ2n) is 2.91. The highest BCUT2D eigenvalue weighted by Crippen LogP contribution is 2.23. The molecule has 0 unspecified atom stereocenters. The van der Waals surface area contributed by atoms with Crippen molar-refractivity contribution in [3.63, 3.8) is 0 Å². The summed E-state index contributed by atoms with van der Waals surface area (Å²) in [6.45, 7) is 0. The summed E-state index contributed by atoms with van der Waals surface area (Å²) < 4.78 is 0. The molecular formula is C11H8N2S2. The minimum atomic E-state index is 0.707. The Hall–Kier alpha value is -1.31. The van der Waals surface area contributed by atoms with Crippen LogP contribution >= 0.6 is 23.1 Å². The lowest BCUT2D eigenvalue weighted by Gasteiger charge is -1.99. The van der Waals surface area contributed by atoms with Crippen LogP contribution in [0.4, 0.5) is 0 Å². The Balaban J connectivity index is 2.02. The first kappa shape index (κ1) is 10.2. The summed E-state index contributed by atoms with van der Waals surface area (Å²) in [5.41, 5.74) is 3.63. The lowest BCUT2D eigenvalue weighted by Crippen LogP contribution is -1.80. The summed E-state index contributed by atoms with van der Waals surface area (Å²) in [5.74, 6) is 0.860. The molecule has 1 aromatic carbocycles. The van der Waals surface area contributed by atoms with Crippen LogP contribution in [0.15, 0.2) is 40.1 Å². The van der Waals surface area contributed by atoms with E-state index in [-0.39, 0.29) is 0 Å². The molecule has 15 heavy (non-hydrogen) atoms. The zero-order valence-electron chi connectivity index (χ0n) is 7.88. The van der Waals surface area contributed by atoms with Crippen LogP contribution in [0.1, 0.15) is 11.3 Å². The molecule has 0 aliphatic rings. The average molecular weight is 232 g/mol. The Morgan fingerprint density at radius 2 is 2.40 bits per heavy atom.